The third kappa shape index (κ3) is 4.05. The molecule has 0 spiro atoms. The van der Waals surface area contributed by atoms with Crippen molar-refractivity contribution < 1.29 is 2.84 Å². The SMILES string of the molecule is CC([CH2][AlH][O][AlH2])c1ccc(Cl)cc1. The first kappa shape index (κ1) is 11.6. The Morgan fingerprint density at radius 2 is 2.08 bits per heavy atom. The van der Waals surface area contributed by atoms with Gasteiger partial charge in [-0.2, -0.15) is 0 Å². The molecule has 1 nitrogen and oxygen atoms in total. The van der Waals surface area contributed by atoms with Crippen LogP contribution in [0.4, 0.5) is 0 Å². The molecule has 0 radical (unpaired) electrons. The van der Waals surface area contributed by atoms with Gasteiger partial charge in [0.2, 0.25) is 0 Å². The second kappa shape index (κ2) is 6.10. The van der Waals surface area contributed by atoms with E-state index >= 15 is 0 Å². The molecule has 0 N–H and O–H groups in total. The normalized spacial score (nSPS) is 12.5. The van der Waals surface area contributed by atoms with Gasteiger partial charge in [-0.3, -0.25) is 0 Å². The molecule has 0 bridgehead atoms. The number of halogens is 1. The Kier molecular flexibility index (Phi) is 5.45. The van der Waals surface area contributed by atoms with Gasteiger partial charge in [0.25, 0.3) is 0 Å². The smallest absolute Gasteiger partial charge is 0.405 e. The van der Waals surface area contributed by atoms with E-state index in [0.717, 1.165) is 21.6 Å². The van der Waals surface area contributed by atoms with Crippen molar-refractivity contribution in [2.24, 2.45) is 0 Å². The molecule has 0 aromatic heterocycles. The van der Waals surface area contributed by atoms with E-state index in [1.165, 1.54) is 10.8 Å². The van der Waals surface area contributed by atoms with Crippen LogP contribution in [0.3, 0.4) is 0 Å². The molecule has 13 heavy (non-hydrogen) atoms. The fraction of sp³-hybridized carbons (Fsp3) is 0.333. The molecule has 0 fully saturated rings. The molecule has 1 rings (SSSR count). The second-order valence-electron chi connectivity index (χ2n) is 3.23. The lowest BCUT2D eigenvalue weighted by Crippen LogP contribution is -2.01. The van der Waals surface area contributed by atoms with Crippen molar-refractivity contribution in [2.75, 3.05) is 0 Å². The molecule has 1 atom stereocenters. The molecule has 1 unspecified atom stereocenters. The quantitative estimate of drug-likeness (QED) is 0.712. The largest absolute Gasteiger partial charge is 0.644 e. The average Bonchev–Trinajstić information content (AvgIpc) is 2.15. The predicted octanol–water partition coefficient (Wildman–Crippen LogP) is 1.78. The lowest BCUT2D eigenvalue weighted by molar-refractivity contribution is 0.647. The van der Waals surface area contributed by atoms with E-state index in [9.17, 15) is 0 Å². The summed E-state index contributed by atoms with van der Waals surface area (Å²) in [6.07, 6.45) is 0. The van der Waals surface area contributed by atoms with Crippen LogP contribution in [0.2, 0.25) is 10.3 Å². The van der Waals surface area contributed by atoms with Crippen molar-refractivity contribution in [1.29, 1.82) is 0 Å². The minimum Gasteiger partial charge on any atom is -0.644 e. The molecule has 1 aromatic carbocycles. The average molecular weight is 227 g/mol. The van der Waals surface area contributed by atoms with Crippen molar-refractivity contribution in [3.63, 3.8) is 0 Å². The van der Waals surface area contributed by atoms with Crippen molar-refractivity contribution in [3.8, 4) is 0 Å². The van der Waals surface area contributed by atoms with Crippen LogP contribution in [0.5, 0.6) is 0 Å². The fourth-order valence-corrected chi connectivity index (χ4v) is 3.01. The van der Waals surface area contributed by atoms with Gasteiger partial charge in [0, 0.05) is 5.02 Å². The van der Waals surface area contributed by atoms with Crippen LogP contribution < -0.4 is 0 Å². The summed E-state index contributed by atoms with van der Waals surface area (Å²) in [4.78, 5) is 0. The van der Waals surface area contributed by atoms with Crippen LogP contribution in [0, 0.1) is 0 Å². The lowest BCUT2D eigenvalue weighted by Gasteiger charge is -2.10. The van der Waals surface area contributed by atoms with E-state index < -0.39 is 0 Å². The van der Waals surface area contributed by atoms with E-state index in [1.807, 2.05) is 12.1 Å². The van der Waals surface area contributed by atoms with E-state index in [-0.39, 0.29) is 15.6 Å². The predicted molar refractivity (Wildman–Crippen MR) is 61.5 cm³/mol. The van der Waals surface area contributed by atoms with E-state index in [2.05, 4.69) is 19.1 Å². The van der Waals surface area contributed by atoms with Crippen LogP contribution >= 0.6 is 11.6 Å². The Morgan fingerprint density at radius 1 is 1.46 bits per heavy atom. The summed E-state index contributed by atoms with van der Waals surface area (Å²) >= 11 is 6.46. The molecular weight excluding hydrogens is 214 g/mol. The van der Waals surface area contributed by atoms with Gasteiger partial charge in [0.15, 0.2) is 0 Å². The third-order valence-electron chi connectivity index (χ3n) is 2.19. The van der Waals surface area contributed by atoms with Crippen LogP contribution in [0.15, 0.2) is 24.3 Å². The molecule has 0 aliphatic rings. The highest BCUT2D eigenvalue weighted by Crippen LogP contribution is 2.20. The van der Waals surface area contributed by atoms with Gasteiger partial charge in [-0.15, -0.1) is 0 Å². The van der Waals surface area contributed by atoms with E-state index in [0.29, 0.717) is 5.92 Å². The van der Waals surface area contributed by atoms with Crippen LogP contribution in [-0.2, 0) is 2.84 Å². The molecule has 68 valence electrons. The molecule has 0 saturated carbocycles. The number of benzene rings is 1. The zero-order chi connectivity index (χ0) is 9.68. The van der Waals surface area contributed by atoms with Gasteiger partial charge in [-0.05, 0) is 23.6 Å². The maximum Gasteiger partial charge on any atom is 0.405 e. The Labute approximate surface area is 99.2 Å². The maximum absolute atomic E-state index is 5.81. The summed E-state index contributed by atoms with van der Waals surface area (Å²) in [5, 5.41) is 2.04. The van der Waals surface area contributed by atoms with Gasteiger partial charge in [-0.25, -0.2) is 0 Å². The molecule has 0 saturated heterocycles. The highest BCUT2D eigenvalue weighted by molar-refractivity contribution is 6.34. The summed E-state index contributed by atoms with van der Waals surface area (Å²) in [6, 6.07) is 8.12. The topological polar surface area (TPSA) is 9.23 Å². The molecule has 4 heteroatoms. The molecule has 0 amide bonds. The maximum atomic E-state index is 5.81. The minimum absolute atomic E-state index is 0.251. The Morgan fingerprint density at radius 3 is 2.62 bits per heavy atom. The summed E-state index contributed by atoms with van der Waals surface area (Å²) in [6.45, 7) is 2.25. The first-order chi connectivity index (χ1) is 6.24. The standard InChI is InChI=1S/C9H10Cl.2Al.O.3H/c1-7(2)8-3-5-9(10)6-4-8;;;;;;/h3-7H,1H2,2H3;;;;;;. The van der Waals surface area contributed by atoms with Gasteiger partial charge in [-0.1, -0.05) is 35.9 Å². The highest BCUT2D eigenvalue weighted by Gasteiger charge is 2.05. The summed E-state index contributed by atoms with van der Waals surface area (Å²) < 4.78 is 5.31. The Bertz CT molecular complexity index is 250. The van der Waals surface area contributed by atoms with Crippen molar-refractivity contribution in [3.05, 3.63) is 34.9 Å². The summed E-state index contributed by atoms with van der Waals surface area (Å²) in [5.74, 6) is 0.623. The first-order valence-electron chi connectivity index (χ1n) is 4.48. The zero-order valence-corrected chi connectivity index (χ0v) is 12.3. The fourth-order valence-electron chi connectivity index (χ4n) is 1.25. The molecule has 0 aliphatic carbocycles. The lowest BCUT2D eigenvalue weighted by atomic mass is 10.0. The van der Waals surface area contributed by atoms with Crippen molar-refractivity contribution in [2.45, 2.75) is 18.1 Å². The van der Waals surface area contributed by atoms with Gasteiger partial charge >= 0.3 is 32.2 Å². The summed E-state index contributed by atoms with van der Waals surface area (Å²) in [5.41, 5.74) is 1.37. The second-order valence-corrected chi connectivity index (χ2v) is 6.97. The molecule has 1 aromatic rings. The van der Waals surface area contributed by atoms with Gasteiger partial charge in [0.05, 0.1) is 0 Å². The van der Waals surface area contributed by atoms with Crippen molar-refractivity contribution in [1.82, 2.24) is 0 Å². The van der Waals surface area contributed by atoms with Crippen LogP contribution in [0.25, 0.3) is 0 Å². The minimum atomic E-state index is -0.251. The molecule has 0 aliphatic heterocycles. The monoisotopic (exact) mass is 226 g/mol. The first-order valence-corrected chi connectivity index (χ1v) is 7.25. The molecular formula is C9H13Al2ClO. The van der Waals surface area contributed by atoms with Crippen LogP contribution in [-0.4, -0.2) is 32.2 Å². The van der Waals surface area contributed by atoms with Gasteiger partial charge in [0.1, 0.15) is 0 Å². The highest BCUT2D eigenvalue weighted by atomic mass is 35.5. The molecule has 0 heterocycles. The number of rotatable bonds is 4. The van der Waals surface area contributed by atoms with Crippen LogP contribution in [0.1, 0.15) is 18.4 Å². The van der Waals surface area contributed by atoms with E-state index in [4.69, 9.17) is 14.4 Å². The number of hydrogen-bond acceptors (Lipinski definition) is 1. The third-order valence-corrected chi connectivity index (χ3v) is 5.18. The van der Waals surface area contributed by atoms with E-state index in [1.54, 1.807) is 0 Å². The van der Waals surface area contributed by atoms with Crippen molar-refractivity contribution >= 4 is 43.8 Å². The van der Waals surface area contributed by atoms with Gasteiger partial charge < -0.3 is 2.84 Å². The zero-order valence-electron chi connectivity index (χ0n) is 8.09. The number of hydrogen-bond donors (Lipinski definition) is 0. The Hall–Kier alpha value is 0.535. The Balaban J connectivity index is 2.55. The summed E-state index contributed by atoms with van der Waals surface area (Å²) in [7, 11) is 0.